The second-order valence-electron chi connectivity index (χ2n) is 8.89. The number of nitrogens with one attached hydrogen (secondary N) is 2. The third-order valence-corrected chi connectivity index (χ3v) is 6.32. The van der Waals surface area contributed by atoms with Crippen LogP contribution in [-0.2, 0) is 17.9 Å². The Kier molecular flexibility index (Phi) is 5.56. The first-order chi connectivity index (χ1) is 16.0. The van der Waals surface area contributed by atoms with Crippen LogP contribution < -0.4 is 15.4 Å². The highest BCUT2D eigenvalue weighted by molar-refractivity contribution is 6.06. The Morgan fingerprint density at radius 3 is 2.79 bits per heavy atom. The first-order valence-electron chi connectivity index (χ1n) is 11.1. The SMILES string of the molecule is C[C@]12CN(Cc3cccc(OCc4ccccn4)c3)C[C@H]1C(=O)Nc1ccccc1C(=O)N2. The van der Waals surface area contributed by atoms with Crippen LogP contribution in [-0.4, -0.2) is 40.3 Å². The summed E-state index contributed by atoms with van der Waals surface area (Å²) in [5.41, 5.74) is 2.35. The normalized spacial score (nSPS) is 22.4. The molecule has 7 nitrogen and oxygen atoms in total. The largest absolute Gasteiger partial charge is 0.487 e. The number of fused-ring (bicyclic) bond motifs is 2. The summed E-state index contributed by atoms with van der Waals surface area (Å²) in [6.07, 6.45) is 1.75. The summed E-state index contributed by atoms with van der Waals surface area (Å²) >= 11 is 0. The van der Waals surface area contributed by atoms with Gasteiger partial charge in [0.15, 0.2) is 0 Å². The van der Waals surface area contributed by atoms with Gasteiger partial charge in [0.2, 0.25) is 5.91 Å². The Hall–Kier alpha value is -3.71. The lowest BCUT2D eigenvalue weighted by Gasteiger charge is -2.33. The molecule has 0 unspecified atom stereocenters. The molecular formula is C26H26N4O3. The highest BCUT2D eigenvalue weighted by atomic mass is 16.5. The third-order valence-electron chi connectivity index (χ3n) is 6.32. The van der Waals surface area contributed by atoms with E-state index in [4.69, 9.17) is 4.74 Å². The Morgan fingerprint density at radius 1 is 1.09 bits per heavy atom. The van der Waals surface area contributed by atoms with Crippen molar-refractivity contribution in [3.63, 3.8) is 0 Å². The predicted molar refractivity (Wildman–Crippen MR) is 125 cm³/mol. The van der Waals surface area contributed by atoms with Gasteiger partial charge in [-0.25, -0.2) is 0 Å². The van der Waals surface area contributed by atoms with Gasteiger partial charge in [-0.2, -0.15) is 0 Å². The number of para-hydroxylation sites is 1. The van der Waals surface area contributed by atoms with Gasteiger partial charge in [0.05, 0.1) is 28.4 Å². The van der Waals surface area contributed by atoms with Gasteiger partial charge in [0.25, 0.3) is 5.91 Å². The van der Waals surface area contributed by atoms with Crippen LogP contribution in [0.25, 0.3) is 0 Å². The number of hydrogen-bond donors (Lipinski definition) is 2. The van der Waals surface area contributed by atoms with E-state index in [1.54, 1.807) is 24.4 Å². The number of hydrogen-bond acceptors (Lipinski definition) is 5. The lowest BCUT2D eigenvalue weighted by atomic mass is 9.86. The van der Waals surface area contributed by atoms with Crippen molar-refractivity contribution in [2.24, 2.45) is 5.92 Å². The molecule has 2 N–H and O–H groups in total. The van der Waals surface area contributed by atoms with E-state index in [0.717, 1.165) is 17.0 Å². The second-order valence-corrected chi connectivity index (χ2v) is 8.89. The minimum atomic E-state index is -0.651. The number of ether oxygens (including phenoxy) is 1. The topological polar surface area (TPSA) is 83.6 Å². The molecule has 2 aliphatic rings. The summed E-state index contributed by atoms with van der Waals surface area (Å²) in [7, 11) is 0. The van der Waals surface area contributed by atoms with E-state index in [0.29, 0.717) is 37.5 Å². The van der Waals surface area contributed by atoms with Gasteiger partial charge in [0, 0.05) is 25.8 Å². The molecule has 33 heavy (non-hydrogen) atoms. The summed E-state index contributed by atoms with van der Waals surface area (Å²) in [6.45, 7) is 4.15. The van der Waals surface area contributed by atoms with Crippen LogP contribution in [0.3, 0.4) is 0 Å². The average Bonchev–Trinajstić information content (AvgIpc) is 3.13. The predicted octanol–water partition coefficient (Wildman–Crippen LogP) is 3.23. The summed E-state index contributed by atoms with van der Waals surface area (Å²) in [5.74, 6) is 0.194. The van der Waals surface area contributed by atoms with E-state index >= 15 is 0 Å². The van der Waals surface area contributed by atoms with Crippen LogP contribution in [0.5, 0.6) is 5.75 Å². The standard InChI is InChI=1S/C26H26N4O3/c1-26-17-30(14-18-7-6-9-20(13-18)33-16-19-8-4-5-12-27-19)15-22(26)25(32)28-23-11-3-2-10-21(23)24(31)29-26/h2-13,22H,14-17H2,1H3,(H,28,32)(H,29,31)/t22-,26-/m0/s1. The van der Waals surface area contributed by atoms with Crippen LogP contribution in [0.15, 0.2) is 72.9 Å². The number of aromatic nitrogens is 1. The van der Waals surface area contributed by atoms with Crippen molar-refractivity contribution < 1.29 is 14.3 Å². The minimum Gasteiger partial charge on any atom is -0.487 e. The van der Waals surface area contributed by atoms with Gasteiger partial charge in [-0.1, -0.05) is 30.3 Å². The lowest BCUT2D eigenvalue weighted by Crippen LogP contribution is -2.56. The minimum absolute atomic E-state index is 0.0695. The number of pyridine rings is 1. The molecule has 2 aromatic carbocycles. The molecule has 0 spiro atoms. The zero-order valence-corrected chi connectivity index (χ0v) is 18.5. The third kappa shape index (κ3) is 4.45. The van der Waals surface area contributed by atoms with Crippen molar-refractivity contribution in [1.29, 1.82) is 0 Å². The van der Waals surface area contributed by atoms with Crippen LogP contribution in [0.1, 0.15) is 28.5 Å². The molecule has 0 saturated carbocycles. The zero-order chi connectivity index (χ0) is 22.8. The average molecular weight is 443 g/mol. The maximum absolute atomic E-state index is 13.1. The molecule has 2 aliphatic heterocycles. The molecule has 2 atom stereocenters. The molecule has 1 aromatic heterocycles. The Bertz CT molecular complexity index is 1180. The lowest BCUT2D eigenvalue weighted by molar-refractivity contribution is -0.121. The smallest absolute Gasteiger partial charge is 0.253 e. The van der Waals surface area contributed by atoms with E-state index in [9.17, 15) is 9.59 Å². The Balaban J connectivity index is 1.29. The molecule has 0 radical (unpaired) electrons. The molecule has 3 heterocycles. The first kappa shape index (κ1) is 21.2. The number of carbonyl (C=O) groups excluding carboxylic acids is 2. The van der Waals surface area contributed by atoms with E-state index < -0.39 is 5.54 Å². The van der Waals surface area contributed by atoms with Crippen LogP contribution in [0.4, 0.5) is 5.69 Å². The monoisotopic (exact) mass is 442 g/mol. The van der Waals surface area contributed by atoms with E-state index in [1.165, 1.54) is 0 Å². The molecule has 168 valence electrons. The quantitative estimate of drug-likeness (QED) is 0.634. The van der Waals surface area contributed by atoms with Gasteiger partial charge >= 0.3 is 0 Å². The number of rotatable bonds is 5. The molecule has 1 saturated heterocycles. The van der Waals surface area contributed by atoms with Crippen molar-refractivity contribution >= 4 is 17.5 Å². The van der Waals surface area contributed by atoms with Crippen molar-refractivity contribution in [3.05, 3.63) is 89.7 Å². The molecule has 7 heteroatoms. The number of amides is 2. The summed E-state index contributed by atoms with van der Waals surface area (Å²) in [6, 6.07) is 20.8. The number of anilines is 1. The molecule has 2 amide bonds. The summed E-state index contributed by atoms with van der Waals surface area (Å²) in [5, 5.41) is 6.10. The zero-order valence-electron chi connectivity index (χ0n) is 18.5. The highest BCUT2D eigenvalue weighted by Crippen LogP contribution is 2.33. The van der Waals surface area contributed by atoms with E-state index in [-0.39, 0.29) is 17.7 Å². The summed E-state index contributed by atoms with van der Waals surface area (Å²) < 4.78 is 5.91. The van der Waals surface area contributed by atoms with E-state index in [2.05, 4.69) is 20.5 Å². The van der Waals surface area contributed by atoms with Gasteiger partial charge in [-0.05, 0) is 48.9 Å². The van der Waals surface area contributed by atoms with Gasteiger partial charge in [-0.3, -0.25) is 19.5 Å². The number of benzene rings is 2. The van der Waals surface area contributed by atoms with Gasteiger partial charge in [0.1, 0.15) is 12.4 Å². The molecular weight excluding hydrogens is 416 g/mol. The van der Waals surface area contributed by atoms with E-state index in [1.807, 2.05) is 55.5 Å². The van der Waals surface area contributed by atoms with Crippen molar-refractivity contribution in [3.8, 4) is 5.75 Å². The van der Waals surface area contributed by atoms with Crippen molar-refractivity contribution in [2.75, 3.05) is 18.4 Å². The first-order valence-corrected chi connectivity index (χ1v) is 11.1. The molecule has 1 fully saturated rings. The fourth-order valence-electron chi connectivity index (χ4n) is 4.69. The number of carbonyl (C=O) groups is 2. The van der Waals surface area contributed by atoms with Crippen LogP contribution in [0, 0.1) is 5.92 Å². The Morgan fingerprint density at radius 2 is 1.94 bits per heavy atom. The summed E-state index contributed by atoms with van der Waals surface area (Å²) in [4.78, 5) is 32.5. The highest BCUT2D eigenvalue weighted by Gasteiger charge is 2.49. The molecule has 3 aromatic rings. The van der Waals surface area contributed by atoms with Crippen molar-refractivity contribution in [2.45, 2.75) is 25.6 Å². The fraction of sp³-hybridized carbons (Fsp3) is 0.269. The fourth-order valence-corrected chi connectivity index (χ4v) is 4.69. The maximum atomic E-state index is 13.1. The van der Waals surface area contributed by atoms with Gasteiger partial charge < -0.3 is 15.4 Å². The maximum Gasteiger partial charge on any atom is 0.253 e. The second kappa shape index (κ2) is 8.67. The van der Waals surface area contributed by atoms with Crippen LogP contribution >= 0.6 is 0 Å². The molecule has 0 aliphatic carbocycles. The molecule has 5 rings (SSSR count). The Labute approximate surface area is 192 Å². The molecule has 0 bridgehead atoms. The number of likely N-dealkylation sites (tertiary alicyclic amines) is 1. The van der Waals surface area contributed by atoms with Crippen molar-refractivity contribution in [1.82, 2.24) is 15.2 Å². The van der Waals surface area contributed by atoms with Crippen LogP contribution in [0.2, 0.25) is 0 Å². The van der Waals surface area contributed by atoms with Gasteiger partial charge in [-0.15, -0.1) is 0 Å². The number of nitrogens with zero attached hydrogens (tertiary/aromatic N) is 2.